The van der Waals surface area contributed by atoms with Crippen molar-refractivity contribution in [1.29, 1.82) is 0 Å². The number of allylic oxidation sites excluding steroid dienone is 1. The molecule has 1 amide bonds. The Hall–Kier alpha value is -3.52. The fourth-order valence-electron chi connectivity index (χ4n) is 4.80. The van der Waals surface area contributed by atoms with Crippen LogP contribution in [-0.4, -0.2) is 65.1 Å². The number of fused-ring (bicyclic) bond motifs is 2. The molecule has 3 aromatic rings. The van der Waals surface area contributed by atoms with E-state index in [4.69, 9.17) is 4.74 Å². The van der Waals surface area contributed by atoms with Crippen LogP contribution in [-0.2, 0) is 11.2 Å². The number of carbonyl (C=O) groups excluding carboxylic acids is 2. The quantitative estimate of drug-likeness (QED) is 0.380. The van der Waals surface area contributed by atoms with Crippen molar-refractivity contribution < 1.29 is 19.4 Å². The van der Waals surface area contributed by atoms with Gasteiger partial charge < -0.3 is 30.0 Å². The third-order valence-electron chi connectivity index (χ3n) is 6.61. The van der Waals surface area contributed by atoms with E-state index in [1.54, 1.807) is 18.2 Å². The van der Waals surface area contributed by atoms with E-state index >= 15 is 0 Å². The third-order valence-corrected chi connectivity index (χ3v) is 6.61. The van der Waals surface area contributed by atoms with Crippen LogP contribution >= 0.6 is 0 Å². The van der Waals surface area contributed by atoms with Gasteiger partial charge in [0.25, 0.3) is 5.91 Å². The number of H-pyrrole nitrogens is 2. The van der Waals surface area contributed by atoms with E-state index in [0.717, 1.165) is 60.4 Å². The molecule has 1 aromatic carbocycles. The summed E-state index contributed by atoms with van der Waals surface area (Å²) in [5.74, 6) is -0.501. The largest absolute Gasteiger partial charge is 0.494 e. The highest BCUT2D eigenvalue weighted by Gasteiger charge is 2.28. The normalized spacial score (nSPS) is 13.1. The SMILES string of the molecule is CCN(CC)CCNC(=O)c1c(C)[nH]c2c1CCC=C2c1c(O)[nH]c2ccc(C(=O)OC)cc12. The summed E-state index contributed by atoms with van der Waals surface area (Å²) in [5.41, 5.74) is 5.80. The lowest BCUT2D eigenvalue weighted by Gasteiger charge is -2.18. The average Bonchev–Trinajstić information content (AvgIpc) is 3.35. The lowest BCUT2D eigenvalue weighted by atomic mass is 9.89. The van der Waals surface area contributed by atoms with Gasteiger partial charge in [0, 0.05) is 35.3 Å². The second-order valence-corrected chi connectivity index (χ2v) is 8.52. The average molecular weight is 465 g/mol. The van der Waals surface area contributed by atoms with Crippen molar-refractivity contribution in [2.75, 3.05) is 33.3 Å². The molecule has 4 rings (SSSR count). The number of aromatic nitrogens is 2. The number of esters is 1. The molecule has 0 fully saturated rings. The third kappa shape index (κ3) is 4.21. The van der Waals surface area contributed by atoms with Gasteiger partial charge in [-0.15, -0.1) is 0 Å². The lowest BCUT2D eigenvalue weighted by Crippen LogP contribution is -2.35. The maximum atomic E-state index is 13.1. The number of aromatic amines is 2. The van der Waals surface area contributed by atoms with Gasteiger partial charge in [0.2, 0.25) is 0 Å². The molecule has 8 nitrogen and oxygen atoms in total. The number of nitrogens with one attached hydrogen (secondary N) is 3. The van der Waals surface area contributed by atoms with Crippen LogP contribution in [0.4, 0.5) is 0 Å². The van der Waals surface area contributed by atoms with Crippen LogP contribution in [0.1, 0.15) is 63.5 Å². The minimum atomic E-state index is -0.439. The summed E-state index contributed by atoms with van der Waals surface area (Å²) in [6.07, 6.45) is 3.54. The van der Waals surface area contributed by atoms with Crippen LogP contribution in [0.2, 0.25) is 0 Å². The fraction of sp³-hybridized carbons (Fsp3) is 0.385. The van der Waals surface area contributed by atoms with E-state index in [2.05, 4.69) is 40.1 Å². The van der Waals surface area contributed by atoms with Crippen molar-refractivity contribution in [3.63, 3.8) is 0 Å². The molecule has 0 bridgehead atoms. The molecule has 2 heterocycles. The van der Waals surface area contributed by atoms with E-state index in [1.807, 2.05) is 6.92 Å². The highest BCUT2D eigenvalue weighted by Crippen LogP contribution is 2.41. The Morgan fingerprint density at radius 1 is 1.21 bits per heavy atom. The second kappa shape index (κ2) is 9.77. The first-order valence-electron chi connectivity index (χ1n) is 11.7. The van der Waals surface area contributed by atoms with Crippen molar-refractivity contribution in [3.8, 4) is 5.88 Å². The van der Waals surface area contributed by atoms with E-state index in [9.17, 15) is 14.7 Å². The zero-order chi connectivity index (χ0) is 24.4. The molecule has 0 atom stereocenters. The van der Waals surface area contributed by atoms with Crippen LogP contribution in [0.5, 0.6) is 5.88 Å². The van der Waals surface area contributed by atoms with Crippen molar-refractivity contribution >= 4 is 28.4 Å². The topological polar surface area (TPSA) is 110 Å². The first-order chi connectivity index (χ1) is 16.4. The Morgan fingerprint density at radius 2 is 1.97 bits per heavy atom. The van der Waals surface area contributed by atoms with Gasteiger partial charge in [-0.2, -0.15) is 0 Å². The maximum absolute atomic E-state index is 13.1. The number of likely N-dealkylation sites (N-methyl/N-ethyl adjacent to an activating group) is 1. The predicted octanol–water partition coefficient (Wildman–Crippen LogP) is 3.75. The number of hydrogen-bond donors (Lipinski definition) is 4. The Balaban J connectivity index is 1.69. The number of benzene rings is 1. The van der Waals surface area contributed by atoms with Crippen molar-refractivity contribution in [3.05, 3.63) is 57.9 Å². The minimum Gasteiger partial charge on any atom is -0.494 e. The van der Waals surface area contributed by atoms with Crippen LogP contribution < -0.4 is 5.32 Å². The first kappa shape index (κ1) is 23.6. The number of aryl methyl sites for hydroxylation is 1. The molecular weight excluding hydrogens is 432 g/mol. The summed E-state index contributed by atoms with van der Waals surface area (Å²) < 4.78 is 4.86. The highest BCUT2D eigenvalue weighted by atomic mass is 16.5. The zero-order valence-electron chi connectivity index (χ0n) is 20.2. The molecule has 1 aliphatic carbocycles. The van der Waals surface area contributed by atoms with E-state index in [1.165, 1.54) is 7.11 Å². The lowest BCUT2D eigenvalue weighted by molar-refractivity contribution is 0.0600. The number of hydrogen-bond acceptors (Lipinski definition) is 5. The molecule has 0 aliphatic heterocycles. The molecule has 2 aromatic heterocycles. The van der Waals surface area contributed by atoms with Crippen LogP contribution in [0.15, 0.2) is 24.3 Å². The molecule has 4 N–H and O–H groups in total. The van der Waals surface area contributed by atoms with Gasteiger partial charge in [-0.25, -0.2) is 4.79 Å². The Bertz CT molecular complexity index is 1260. The maximum Gasteiger partial charge on any atom is 0.337 e. The summed E-state index contributed by atoms with van der Waals surface area (Å²) in [6.45, 7) is 9.42. The van der Waals surface area contributed by atoms with Crippen molar-refractivity contribution in [2.24, 2.45) is 0 Å². The first-order valence-corrected chi connectivity index (χ1v) is 11.7. The number of methoxy groups -OCH3 is 1. The van der Waals surface area contributed by atoms with Gasteiger partial charge in [0.05, 0.1) is 29.5 Å². The smallest absolute Gasteiger partial charge is 0.337 e. The molecule has 180 valence electrons. The van der Waals surface area contributed by atoms with Crippen LogP contribution in [0.3, 0.4) is 0 Å². The number of ether oxygens (including phenoxy) is 1. The van der Waals surface area contributed by atoms with Gasteiger partial charge in [-0.1, -0.05) is 19.9 Å². The van der Waals surface area contributed by atoms with Crippen LogP contribution in [0.25, 0.3) is 16.5 Å². The number of aromatic hydroxyl groups is 1. The number of amides is 1. The Morgan fingerprint density at radius 3 is 2.68 bits per heavy atom. The highest BCUT2D eigenvalue weighted by molar-refractivity contribution is 6.05. The van der Waals surface area contributed by atoms with Crippen molar-refractivity contribution in [2.45, 2.75) is 33.6 Å². The standard InChI is InChI=1S/C26H32N4O4/c1-5-30(6-2)13-12-27-24(31)21-15(3)28-23-17(21)8-7-9-18(23)22-19-14-16(26(33)34-4)10-11-20(19)29-25(22)32/h9-11,14,28-29,32H,5-8,12-13H2,1-4H3,(H,27,31). The van der Waals surface area contributed by atoms with E-state index < -0.39 is 5.97 Å². The molecule has 34 heavy (non-hydrogen) atoms. The summed E-state index contributed by atoms with van der Waals surface area (Å²) in [6, 6.07) is 5.14. The molecular formula is C26H32N4O4. The molecule has 8 heteroatoms. The molecule has 0 radical (unpaired) electrons. The monoisotopic (exact) mass is 464 g/mol. The van der Waals surface area contributed by atoms with Gasteiger partial charge in [-0.05, 0) is 56.6 Å². The van der Waals surface area contributed by atoms with Crippen molar-refractivity contribution in [1.82, 2.24) is 20.2 Å². The van der Waals surface area contributed by atoms with E-state index in [-0.39, 0.29) is 11.8 Å². The minimum absolute atomic E-state index is 0.0218. The van der Waals surface area contributed by atoms with E-state index in [0.29, 0.717) is 28.8 Å². The van der Waals surface area contributed by atoms with Gasteiger partial charge >= 0.3 is 5.97 Å². The summed E-state index contributed by atoms with van der Waals surface area (Å²) >= 11 is 0. The Labute approximate surface area is 199 Å². The fourth-order valence-corrected chi connectivity index (χ4v) is 4.80. The van der Waals surface area contributed by atoms with Crippen LogP contribution in [0, 0.1) is 6.92 Å². The summed E-state index contributed by atoms with van der Waals surface area (Å²) in [7, 11) is 1.34. The predicted molar refractivity (Wildman–Crippen MR) is 132 cm³/mol. The Kier molecular flexibility index (Phi) is 6.79. The van der Waals surface area contributed by atoms with Gasteiger partial charge in [-0.3, -0.25) is 4.79 Å². The second-order valence-electron chi connectivity index (χ2n) is 8.52. The summed E-state index contributed by atoms with van der Waals surface area (Å²) in [5, 5.41) is 14.6. The number of carbonyl (C=O) groups is 2. The molecule has 0 saturated carbocycles. The van der Waals surface area contributed by atoms with Gasteiger partial charge in [0.1, 0.15) is 0 Å². The molecule has 0 unspecified atom stereocenters. The zero-order valence-corrected chi connectivity index (χ0v) is 20.2. The number of nitrogens with zero attached hydrogens (tertiary/aromatic N) is 1. The number of rotatable bonds is 8. The molecule has 0 saturated heterocycles. The molecule has 1 aliphatic rings. The summed E-state index contributed by atoms with van der Waals surface area (Å²) in [4.78, 5) is 33.8. The molecule has 0 spiro atoms. The van der Waals surface area contributed by atoms with Gasteiger partial charge in [0.15, 0.2) is 5.88 Å².